The van der Waals surface area contributed by atoms with Gasteiger partial charge in [-0.1, -0.05) is 0 Å². The van der Waals surface area contributed by atoms with Gasteiger partial charge in [-0.2, -0.15) is 0 Å². The maximum absolute atomic E-state index is 12.0. The summed E-state index contributed by atoms with van der Waals surface area (Å²) in [6.45, 7) is 3.72. The zero-order valence-electron chi connectivity index (χ0n) is 10.8. The zero-order chi connectivity index (χ0) is 13.8. The first-order valence-electron chi connectivity index (χ1n) is 5.90. The van der Waals surface area contributed by atoms with E-state index in [1.165, 1.54) is 6.20 Å². The third-order valence-electron chi connectivity index (χ3n) is 2.71. The SMILES string of the molecule is Cc1ccc(C(C)NC(=O)c2ccc(NN)nc2)o1. The minimum absolute atomic E-state index is 0.200. The van der Waals surface area contributed by atoms with Crippen LogP contribution in [0, 0.1) is 6.92 Å². The number of nitrogens with two attached hydrogens (primary N) is 1. The van der Waals surface area contributed by atoms with E-state index in [-0.39, 0.29) is 11.9 Å². The average Bonchev–Trinajstić information content (AvgIpc) is 2.85. The molecule has 100 valence electrons. The average molecular weight is 260 g/mol. The molecule has 0 aliphatic carbocycles. The number of aromatic nitrogens is 1. The van der Waals surface area contributed by atoms with Crippen LogP contribution in [0.25, 0.3) is 0 Å². The van der Waals surface area contributed by atoms with E-state index in [2.05, 4.69) is 15.7 Å². The van der Waals surface area contributed by atoms with Crippen LogP contribution in [0.15, 0.2) is 34.9 Å². The van der Waals surface area contributed by atoms with E-state index in [1.54, 1.807) is 12.1 Å². The summed E-state index contributed by atoms with van der Waals surface area (Å²) in [5.41, 5.74) is 2.87. The molecular weight excluding hydrogens is 244 g/mol. The van der Waals surface area contributed by atoms with E-state index in [0.29, 0.717) is 11.4 Å². The molecule has 0 radical (unpaired) electrons. The number of carbonyl (C=O) groups is 1. The zero-order valence-corrected chi connectivity index (χ0v) is 10.8. The molecule has 6 nitrogen and oxygen atoms in total. The molecule has 0 saturated carbocycles. The number of rotatable bonds is 4. The van der Waals surface area contributed by atoms with Gasteiger partial charge in [-0.25, -0.2) is 10.8 Å². The first-order chi connectivity index (χ1) is 9.10. The van der Waals surface area contributed by atoms with E-state index >= 15 is 0 Å². The number of nitrogens with one attached hydrogen (secondary N) is 2. The second kappa shape index (κ2) is 5.53. The minimum Gasteiger partial charge on any atom is -0.464 e. The van der Waals surface area contributed by atoms with Crippen LogP contribution in [0.5, 0.6) is 0 Å². The summed E-state index contributed by atoms with van der Waals surface area (Å²) in [7, 11) is 0. The smallest absolute Gasteiger partial charge is 0.253 e. The third kappa shape index (κ3) is 3.11. The molecule has 2 aromatic rings. The molecule has 4 N–H and O–H groups in total. The van der Waals surface area contributed by atoms with Crippen LogP contribution in [-0.4, -0.2) is 10.9 Å². The molecule has 1 atom stereocenters. The number of anilines is 1. The topological polar surface area (TPSA) is 93.2 Å². The molecule has 19 heavy (non-hydrogen) atoms. The van der Waals surface area contributed by atoms with E-state index in [9.17, 15) is 4.79 Å². The lowest BCUT2D eigenvalue weighted by Crippen LogP contribution is -2.26. The summed E-state index contributed by atoms with van der Waals surface area (Å²) < 4.78 is 5.46. The van der Waals surface area contributed by atoms with Crippen molar-refractivity contribution in [3.05, 3.63) is 47.5 Å². The Balaban J connectivity index is 2.03. The van der Waals surface area contributed by atoms with Gasteiger partial charge in [-0.05, 0) is 38.1 Å². The van der Waals surface area contributed by atoms with Crippen LogP contribution in [0.2, 0.25) is 0 Å². The highest BCUT2D eigenvalue weighted by Crippen LogP contribution is 2.16. The maximum Gasteiger partial charge on any atom is 0.253 e. The molecule has 1 unspecified atom stereocenters. The van der Waals surface area contributed by atoms with Crippen molar-refractivity contribution >= 4 is 11.7 Å². The number of amides is 1. The molecule has 0 saturated heterocycles. The molecular formula is C13H16N4O2. The number of nitrogens with zero attached hydrogens (tertiary/aromatic N) is 1. The van der Waals surface area contributed by atoms with Crippen LogP contribution >= 0.6 is 0 Å². The van der Waals surface area contributed by atoms with Gasteiger partial charge in [0.25, 0.3) is 5.91 Å². The largest absolute Gasteiger partial charge is 0.464 e. The molecule has 0 aromatic carbocycles. The van der Waals surface area contributed by atoms with Crippen LogP contribution in [0.4, 0.5) is 5.82 Å². The number of hydrazine groups is 1. The summed E-state index contributed by atoms with van der Waals surface area (Å²) in [5.74, 6) is 7.04. The van der Waals surface area contributed by atoms with E-state index in [0.717, 1.165) is 11.5 Å². The van der Waals surface area contributed by atoms with Crippen molar-refractivity contribution in [2.45, 2.75) is 19.9 Å². The normalized spacial score (nSPS) is 11.9. The van der Waals surface area contributed by atoms with Gasteiger partial charge in [-0.15, -0.1) is 0 Å². The lowest BCUT2D eigenvalue weighted by atomic mass is 10.2. The highest BCUT2D eigenvalue weighted by atomic mass is 16.3. The monoisotopic (exact) mass is 260 g/mol. The van der Waals surface area contributed by atoms with E-state index in [4.69, 9.17) is 10.3 Å². The van der Waals surface area contributed by atoms with Gasteiger partial charge >= 0.3 is 0 Å². The maximum atomic E-state index is 12.0. The van der Waals surface area contributed by atoms with Gasteiger partial charge in [0.1, 0.15) is 17.3 Å². The Hall–Kier alpha value is -2.34. The van der Waals surface area contributed by atoms with Gasteiger partial charge in [0.05, 0.1) is 11.6 Å². The van der Waals surface area contributed by atoms with Crippen molar-refractivity contribution < 1.29 is 9.21 Å². The molecule has 0 aliphatic heterocycles. The van der Waals surface area contributed by atoms with Crippen molar-refractivity contribution in [3.63, 3.8) is 0 Å². The third-order valence-corrected chi connectivity index (χ3v) is 2.71. The summed E-state index contributed by atoms with van der Waals surface area (Å²) in [6, 6.07) is 6.80. The van der Waals surface area contributed by atoms with Crippen molar-refractivity contribution in [1.29, 1.82) is 0 Å². The summed E-state index contributed by atoms with van der Waals surface area (Å²) in [6.07, 6.45) is 1.46. The van der Waals surface area contributed by atoms with Crippen LogP contribution in [0.1, 0.15) is 34.8 Å². The number of pyridine rings is 1. The molecule has 1 amide bonds. The first kappa shape index (κ1) is 13.1. The Morgan fingerprint density at radius 2 is 2.16 bits per heavy atom. The Kier molecular flexibility index (Phi) is 3.82. The van der Waals surface area contributed by atoms with Crippen molar-refractivity contribution in [2.24, 2.45) is 5.84 Å². The predicted octanol–water partition coefficient (Wildman–Crippen LogP) is 1.76. The Morgan fingerprint density at radius 1 is 1.37 bits per heavy atom. The van der Waals surface area contributed by atoms with Gasteiger partial charge in [-0.3, -0.25) is 4.79 Å². The number of furan rings is 1. The Bertz CT molecular complexity index is 562. The van der Waals surface area contributed by atoms with Gasteiger partial charge in [0.2, 0.25) is 0 Å². The van der Waals surface area contributed by atoms with Crippen molar-refractivity contribution in [3.8, 4) is 0 Å². The highest BCUT2D eigenvalue weighted by molar-refractivity contribution is 5.94. The molecule has 0 spiro atoms. The Morgan fingerprint density at radius 3 is 2.68 bits per heavy atom. The minimum atomic E-state index is -0.211. The lowest BCUT2D eigenvalue weighted by Gasteiger charge is -2.11. The quantitative estimate of drug-likeness (QED) is 0.575. The summed E-state index contributed by atoms with van der Waals surface area (Å²) in [4.78, 5) is 16.0. The number of hydrogen-bond donors (Lipinski definition) is 3. The molecule has 0 bridgehead atoms. The second-order valence-corrected chi connectivity index (χ2v) is 4.22. The molecule has 2 rings (SSSR count). The van der Waals surface area contributed by atoms with Crippen molar-refractivity contribution in [1.82, 2.24) is 10.3 Å². The fraction of sp³-hybridized carbons (Fsp3) is 0.231. The fourth-order valence-corrected chi connectivity index (χ4v) is 1.65. The van der Waals surface area contributed by atoms with Gasteiger partial charge < -0.3 is 15.2 Å². The standard InChI is InChI=1S/C13H16N4O2/c1-8-3-5-11(19-8)9(2)16-13(18)10-4-6-12(17-14)15-7-10/h3-7,9H,14H2,1-2H3,(H,15,17)(H,16,18). The van der Waals surface area contributed by atoms with Crippen LogP contribution in [-0.2, 0) is 0 Å². The molecule has 6 heteroatoms. The number of hydrogen-bond acceptors (Lipinski definition) is 5. The van der Waals surface area contributed by atoms with E-state index < -0.39 is 0 Å². The summed E-state index contributed by atoms with van der Waals surface area (Å²) in [5, 5.41) is 2.84. The van der Waals surface area contributed by atoms with Crippen LogP contribution in [0.3, 0.4) is 0 Å². The predicted molar refractivity (Wildman–Crippen MR) is 71.4 cm³/mol. The lowest BCUT2D eigenvalue weighted by molar-refractivity contribution is 0.0935. The van der Waals surface area contributed by atoms with Crippen LogP contribution < -0.4 is 16.6 Å². The fourth-order valence-electron chi connectivity index (χ4n) is 1.65. The van der Waals surface area contributed by atoms with Gasteiger partial charge in [0.15, 0.2) is 0 Å². The number of nitrogen functional groups attached to an aromatic ring is 1. The van der Waals surface area contributed by atoms with E-state index in [1.807, 2.05) is 26.0 Å². The summed E-state index contributed by atoms with van der Waals surface area (Å²) >= 11 is 0. The second-order valence-electron chi connectivity index (χ2n) is 4.22. The molecule has 0 fully saturated rings. The Labute approximate surface area is 111 Å². The highest BCUT2D eigenvalue weighted by Gasteiger charge is 2.14. The van der Waals surface area contributed by atoms with Crippen molar-refractivity contribution in [2.75, 3.05) is 5.43 Å². The number of aryl methyl sites for hydroxylation is 1. The molecule has 2 aromatic heterocycles. The molecule has 2 heterocycles. The first-order valence-corrected chi connectivity index (χ1v) is 5.90. The number of carbonyl (C=O) groups excluding carboxylic acids is 1. The molecule has 0 aliphatic rings. The van der Waals surface area contributed by atoms with Gasteiger partial charge in [0, 0.05) is 6.20 Å².